The van der Waals surface area contributed by atoms with Crippen molar-refractivity contribution in [3.8, 4) is 0 Å². The zero-order valence-electron chi connectivity index (χ0n) is 14.4. The predicted octanol–water partition coefficient (Wildman–Crippen LogP) is 3.89. The van der Waals surface area contributed by atoms with Crippen LogP contribution in [-0.2, 0) is 14.4 Å². The van der Waals surface area contributed by atoms with Gasteiger partial charge in [-0.3, -0.25) is 0 Å². The second-order valence-corrected chi connectivity index (χ2v) is 4.73. The number of carbonyl (C=O) groups is 3. The summed E-state index contributed by atoms with van der Waals surface area (Å²) < 4.78 is 0. The molecule has 0 amide bonds. The van der Waals surface area contributed by atoms with Gasteiger partial charge in [0.05, 0.1) is 0 Å². The summed E-state index contributed by atoms with van der Waals surface area (Å²) in [5, 5.41) is 24.4. The van der Waals surface area contributed by atoms with E-state index in [1.54, 1.807) is 19.9 Å². The lowest BCUT2D eigenvalue weighted by Gasteiger charge is -1.97. The second kappa shape index (κ2) is 16.0. The normalized spacial score (nSPS) is 9.48. The maximum Gasteiger partial charge on any atom is 0.330 e. The van der Waals surface area contributed by atoms with Gasteiger partial charge in [-0.1, -0.05) is 39.0 Å². The van der Waals surface area contributed by atoms with Crippen molar-refractivity contribution in [2.45, 2.75) is 53.4 Å². The van der Waals surface area contributed by atoms with Crippen LogP contribution in [0.2, 0.25) is 0 Å². The summed E-state index contributed by atoms with van der Waals surface area (Å²) in [6, 6.07) is 0. The van der Waals surface area contributed by atoms with Crippen molar-refractivity contribution in [3.63, 3.8) is 0 Å². The molecule has 0 aromatic rings. The number of aliphatic carboxylic acids is 3. The maximum absolute atomic E-state index is 10.2. The maximum atomic E-state index is 10.2. The molecule has 0 unspecified atom stereocenters. The average molecular weight is 328 g/mol. The van der Waals surface area contributed by atoms with E-state index in [1.165, 1.54) is 6.92 Å². The first kappa shape index (κ1) is 25.6. The van der Waals surface area contributed by atoms with Crippen LogP contribution in [-0.4, -0.2) is 33.2 Å². The Hall–Kier alpha value is -2.37. The SMILES string of the molecule is C=C(C)C(=O)O.C=C(CCCCC)C(=O)O.CC=C(C)C(=O)O. The highest BCUT2D eigenvalue weighted by Crippen LogP contribution is 2.06. The van der Waals surface area contributed by atoms with Gasteiger partial charge in [0.15, 0.2) is 0 Å². The van der Waals surface area contributed by atoms with Crippen molar-refractivity contribution in [3.05, 3.63) is 36.0 Å². The Morgan fingerprint density at radius 1 is 0.913 bits per heavy atom. The molecule has 0 heterocycles. The quantitative estimate of drug-likeness (QED) is 0.483. The third-order valence-corrected chi connectivity index (χ3v) is 2.52. The summed E-state index contributed by atoms with van der Waals surface area (Å²) in [5.41, 5.74) is 0.892. The highest BCUT2D eigenvalue weighted by atomic mass is 16.4. The summed E-state index contributed by atoms with van der Waals surface area (Å²) in [5.74, 6) is -2.64. The number of carboxylic acid groups (broad SMARTS) is 3. The van der Waals surface area contributed by atoms with Crippen molar-refractivity contribution < 1.29 is 29.7 Å². The summed E-state index contributed by atoms with van der Waals surface area (Å²) in [4.78, 5) is 29.7. The molecular weight excluding hydrogens is 300 g/mol. The zero-order valence-corrected chi connectivity index (χ0v) is 14.4. The lowest BCUT2D eigenvalue weighted by atomic mass is 10.1. The first-order chi connectivity index (χ1) is 10.5. The summed E-state index contributed by atoms with van der Waals surface area (Å²) in [6.07, 6.45) is 5.34. The standard InChI is InChI=1S/C8H14O2.C5H8O2.C4H6O2/c1-3-4-5-6-7(2)8(9)10;1-3-4(2)5(6)7;1-3(2)4(5)6/h2-6H2,1H3,(H,9,10);3H,1-2H3,(H,6,7);1H2,2H3,(H,5,6). The summed E-state index contributed by atoms with van der Waals surface area (Å²) in [6.45, 7) is 13.4. The predicted molar refractivity (Wildman–Crippen MR) is 90.4 cm³/mol. The van der Waals surface area contributed by atoms with Crippen LogP contribution >= 0.6 is 0 Å². The molecule has 6 heteroatoms. The van der Waals surface area contributed by atoms with Crippen LogP contribution in [0.5, 0.6) is 0 Å². The second-order valence-electron chi connectivity index (χ2n) is 4.73. The molecule has 0 spiro atoms. The third kappa shape index (κ3) is 22.1. The van der Waals surface area contributed by atoms with Crippen LogP contribution in [0.1, 0.15) is 53.4 Å². The molecule has 3 N–H and O–H groups in total. The van der Waals surface area contributed by atoms with Gasteiger partial charge in [0.1, 0.15) is 0 Å². The lowest BCUT2D eigenvalue weighted by Crippen LogP contribution is -1.98. The molecule has 0 aliphatic heterocycles. The van der Waals surface area contributed by atoms with Crippen molar-refractivity contribution in [2.75, 3.05) is 0 Å². The number of carboxylic acids is 3. The molecule has 0 aliphatic rings. The van der Waals surface area contributed by atoms with Crippen molar-refractivity contribution in [1.29, 1.82) is 0 Å². The van der Waals surface area contributed by atoms with Crippen LogP contribution in [0.15, 0.2) is 36.0 Å². The Kier molecular flexibility index (Phi) is 17.8. The van der Waals surface area contributed by atoms with E-state index in [-0.39, 0.29) is 5.57 Å². The Labute approximate surface area is 137 Å². The van der Waals surface area contributed by atoms with Gasteiger partial charge in [0.25, 0.3) is 0 Å². The van der Waals surface area contributed by atoms with Gasteiger partial charge in [0.2, 0.25) is 0 Å². The molecule has 0 bridgehead atoms. The van der Waals surface area contributed by atoms with Gasteiger partial charge in [-0.2, -0.15) is 0 Å². The van der Waals surface area contributed by atoms with Crippen LogP contribution in [0.3, 0.4) is 0 Å². The Balaban J connectivity index is -0.000000272. The minimum Gasteiger partial charge on any atom is -0.478 e. The van der Waals surface area contributed by atoms with Crippen LogP contribution in [0, 0.1) is 0 Å². The van der Waals surface area contributed by atoms with E-state index in [9.17, 15) is 14.4 Å². The van der Waals surface area contributed by atoms with Gasteiger partial charge in [-0.05, 0) is 33.6 Å². The van der Waals surface area contributed by atoms with E-state index >= 15 is 0 Å². The molecule has 132 valence electrons. The van der Waals surface area contributed by atoms with Crippen molar-refractivity contribution >= 4 is 17.9 Å². The number of hydrogen-bond donors (Lipinski definition) is 3. The Bertz CT molecular complexity index is 434. The Morgan fingerprint density at radius 3 is 1.52 bits per heavy atom. The molecule has 0 saturated heterocycles. The molecule has 6 nitrogen and oxygen atoms in total. The number of unbranched alkanes of at least 4 members (excludes halogenated alkanes) is 2. The van der Waals surface area contributed by atoms with E-state index in [0.717, 1.165) is 19.3 Å². The van der Waals surface area contributed by atoms with E-state index in [4.69, 9.17) is 15.3 Å². The summed E-state index contributed by atoms with van der Waals surface area (Å²) in [7, 11) is 0. The topological polar surface area (TPSA) is 112 Å². The van der Waals surface area contributed by atoms with Crippen LogP contribution in [0.4, 0.5) is 0 Å². The first-order valence-electron chi connectivity index (χ1n) is 7.17. The molecule has 0 aromatic heterocycles. The minimum absolute atomic E-state index is 0.176. The molecular formula is C17H28O6. The highest BCUT2D eigenvalue weighted by Gasteiger charge is 2.01. The number of allylic oxidation sites excluding steroid dienone is 1. The molecule has 0 fully saturated rings. The van der Waals surface area contributed by atoms with Gasteiger partial charge in [-0.25, -0.2) is 14.4 Å². The summed E-state index contributed by atoms with van der Waals surface area (Å²) >= 11 is 0. The molecule has 23 heavy (non-hydrogen) atoms. The average Bonchev–Trinajstić information content (AvgIpc) is 2.47. The van der Waals surface area contributed by atoms with E-state index in [0.29, 0.717) is 17.6 Å². The minimum atomic E-state index is -0.935. The van der Waals surface area contributed by atoms with Gasteiger partial charge >= 0.3 is 17.9 Å². The molecule has 0 aliphatic carbocycles. The Morgan fingerprint density at radius 2 is 1.35 bits per heavy atom. The lowest BCUT2D eigenvalue weighted by molar-refractivity contribution is -0.133. The van der Waals surface area contributed by atoms with E-state index in [1.807, 2.05) is 0 Å². The molecule has 0 aromatic carbocycles. The molecule has 0 atom stereocenters. The fourth-order valence-electron chi connectivity index (χ4n) is 0.819. The smallest absolute Gasteiger partial charge is 0.330 e. The largest absolute Gasteiger partial charge is 0.478 e. The molecule has 0 saturated carbocycles. The van der Waals surface area contributed by atoms with Crippen molar-refractivity contribution in [1.82, 2.24) is 0 Å². The highest BCUT2D eigenvalue weighted by molar-refractivity contribution is 5.86. The van der Waals surface area contributed by atoms with Crippen LogP contribution in [0.25, 0.3) is 0 Å². The fourth-order valence-corrected chi connectivity index (χ4v) is 0.819. The fraction of sp³-hybridized carbons (Fsp3) is 0.471. The van der Waals surface area contributed by atoms with Gasteiger partial charge < -0.3 is 15.3 Å². The number of rotatable bonds is 7. The van der Waals surface area contributed by atoms with Gasteiger partial charge in [0, 0.05) is 16.7 Å². The van der Waals surface area contributed by atoms with Crippen molar-refractivity contribution in [2.24, 2.45) is 0 Å². The third-order valence-electron chi connectivity index (χ3n) is 2.52. The zero-order chi connectivity index (χ0) is 19.0. The van der Waals surface area contributed by atoms with E-state index < -0.39 is 17.9 Å². The van der Waals surface area contributed by atoms with Gasteiger partial charge in [-0.15, -0.1) is 0 Å². The first-order valence-corrected chi connectivity index (χ1v) is 7.17. The van der Waals surface area contributed by atoms with E-state index in [2.05, 4.69) is 20.1 Å². The van der Waals surface area contributed by atoms with Crippen LogP contribution < -0.4 is 0 Å². The monoisotopic (exact) mass is 328 g/mol. The molecule has 0 radical (unpaired) electrons. The molecule has 0 rings (SSSR count). The number of hydrogen-bond acceptors (Lipinski definition) is 3.